The van der Waals surface area contributed by atoms with Gasteiger partial charge >= 0.3 is 6.16 Å². The smallest absolute Gasteiger partial charge is 0.438 e. The lowest BCUT2D eigenvalue weighted by Crippen LogP contribution is -2.18. The van der Waals surface area contributed by atoms with Crippen LogP contribution in [0.4, 0.5) is 4.79 Å². The minimum atomic E-state index is -0.556. The summed E-state index contributed by atoms with van der Waals surface area (Å²) >= 11 is 0. The number of rotatable bonds is 2. The van der Waals surface area contributed by atoms with E-state index in [0.29, 0.717) is 0 Å². The first-order valence-corrected chi connectivity index (χ1v) is 3.49. The van der Waals surface area contributed by atoms with Crippen molar-refractivity contribution in [2.24, 2.45) is 0 Å². The third-order valence-corrected chi connectivity index (χ3v) is 1.92. The minimum absolute atomic E-state index is 0.160. The first-order valence-electron chi connectivity index (χ1n) is 3.49. The van der Waals surface area contributed by atoms with E-state index >= 15 is 0 Å². The highest BCUT2D eigenvalue weighted by molar-refractivity contribution is 5.60. The third-order valence-electron chi connectivity index (χ3n) is 1.92. The lowest BCUT2D eigenvalue weighted by atomic mass is 10.3. The largest absolute Gasteiger partial charge is 0.508 e. The summed E-state index contributed by atoms with van der Waals surface area (Å²) in [6, 6.07) is 0. The van der Waals surface area contributed by atoms with E-state index in [0.717, 1.165) is 19.3 Å². The lowest BCUT2D eigenvalue weighted by molar-refractivity contribution is 0.0239. The molecule has 0 aromatic carbocycles. The Morgan fingerprint density at radius 3 is 2.50 bits per heavy atom. The van der Waals surface area contributed by atoms with Crippen molar-refractivity contribution in [3.05, 3.63) is 0 Å². The Kier molecular flexibility index (Phi) is 1.83. The molecule has 0 aromatic heterocycles. The monoisotopic (exact) mass is 144 g/mol. The summed E-state index contributed by atoms with van der Waals surface area (Å²) in [5.74, 6) is 0. The van der Waals surface area contributed by atoms with Gasteiger partial charge in [-0.1, -0.05) is 6.92 Å². The molecule has 10 heavy (non-hydrogen) atoms. The van der Waals surface area contributed by atoms with Crippen molar-refractivity contribution in [2.75, 3.05) is 7.11 Å². The molecule has 0 radical (unpaired) electrons. The number of carbonyl (C=O) groups is 1. The zero-order valence-electron chi connectivity index (χ0n) is 6.35. The fourth-order valence-electron chi connectivity index (χ4n) is 0.886. The Morgan fingerprint density at radius 2 is 2.20 bits per heavy atom. The maximum atomic E-state index is 10.6. The molecule has 0 saturated heterocycles. The lowest BCUT2D eigenvalue weighted by Gasteiger charge is -2.11. The molecule has 0 unspecified atom stereocenters. The van der Waals surface area contributed by atoms with E-state index in [9.17, 15) is 4.79 Å². The SMILES string of the molecule is CCC1(OC(=O)OC)CC1. The number of ether oxygens (including phenoxy) is 2. The van der Waals surface area contributed by atoms with Gasteiger partial charge in [0, 0.05) is 0 Å². The topological polar surface area (TPSA) is 35.5 Å². The Balaban J connectivity index is 2.30. The van der Waals surface area contributed by atoms with Gasteiger partial charge in [-0.05, 0) is 19.3 Å². The average molecular weight is 144 g/mol. The van der Waals surface area contributed by atoms with Crippen LogP contribution in [0.15, 0.2) is 0 Å². The molecule has 0 N–H and O–H groups in total. The molecule has 1 aliphatic rings. The molecule has 3 nitrogen and oxygen atoms in total. The molecule has 1 saturated carbocycles. The van der Waals surface area contributed by atoms with Gasteiger partial charge in [0.15, 0.2) is 0 Å². The van der Waals surface area contributed by atoms with E-state index in [1.54, 1.807) is 0 Å². The van der Waals surface area contributed by atoms with Crippen molar-refractivity contribution in [2.45, 2.75) is 31.8 Å². The van der Waals surface area contributed by atoms with Crippen LogP contribution in [0.1, 0.15) is 26.2 Å². The summed E-state index contributed by atoms with van der Waals surface area (Å²) in [5.41, 5.74) is -0.160. The maximum absolute atomic E-state index is 10.6. The molecule has 58 valence electrons. The standard InChI is InChI=1S/C7H12O3/c1-3-7(4-5-7)10-6(8)9-2/h3-5H2,1-2H3. The predicted molar refractivity (Wildman–Crippen MR) is 35.7 cm³/mol. The van der Waals surface area contributed by atoms with E-state index < -0.39 is 6.16 Å². The van der Waals surface area contributed by atoms with Crippen LogP contribution in [0.3, 0.4) is 0 Å². The van der Waals surface area contributed by atoms with Gasteiger partial charge in [0.1, 0.15) is 5.60 Å². The van der Waals surface area contributed by atoms with Gasteiger partial charge < -0.3 is 9.47 Å². The third kappa shape index (κ3) is 1.40. The summed E-state index contributed by atoms with van der Waals surface area (Å²) < 4.78 is 9.35. The van der Waals surface area contributed by atoms with Gasteiger partial charge in [-0.2, -0.15) is 0 Å². The van der Waals surface area contributed by atoms with Gasteiger partial charge in [-0.3, -0.25) is 0 Å². The average Bonchev–Trinajstić information content (AvgIpc) is 2.70. The quantitative estimate of drug-likeness (QED) is 0.553. The number of hydrogen-bond donors (Lipinski definition) is 0. The van der Waals surface area contributed by atoms with Crippen molar-refractivity contribution in [1.29, 1.82) is 0 Å². The molecule has 3 heteroatoms. The van der Waals surface area contributed by atoms with E-state index in [1.807, 2.05) is 6.92 Å². The molecule has 1 fully saturated rings. The molecule has 0 bridgehead atoms. The normalized spacial score (nSPS) is 19.8. The summed E-state index contributed by atoms with van der Waals surface area (Å²) in [6.07, 6.45) is 2.30. The summed E-state index contributed by atoms with van der Waals surface area (Å²) in [4.78, 5) is 10.6. The van der Waals surface area contributed by atoms with Crippen LogP contribution in [0.2, 0.25) is 0 Å². The van der Waals surface area contributed by atoms with Crippen molar-refractivity contribution in [3.63, 3.8) is 0 Å². The van der Waals surface area contributed by atoms with Crippen LogP contribution in [0.5, 0.6) is 0 Å². The molecule has 1 aliphatic carbocycles. The molecule has 0 aromatic rings. The highest BCUT2D eigenvalue weighted by Gasteiger charge is 2.45. The molecule has 1 rings (SSSR count). The zero-order chi connectivity index (χ0) is 7.61. The van der Waals surface area contributed by atoms with E-state index in [1.165, 1.54) is 7.11 Å². The fraction of sp³-hybridized carbons (Fsp3) is 0.857. The summed E-state index contributed by atoms with van der Waals surface area (Å²) in [7, 11) is 1.33. The van der Waals surface area contributed by atoms with Gasteiger partial charge in [0.2, 0.25) is 0 Å². The van der Waals surface area contributed by atoms with Crippen LogP contribution in [0, 0.1) is 0 Å². The van der Waals surface area contributed by atoms with Crippen molar-refractivity contribution in [1.82, 2.24) is 0 Å². The molecule has 0 amide bonds. The molecule has 0 atom stereocenters. The second-order valence-corrected chi connectivity index (χ2v) is 2.59. The van der Waals surface area contributed by atoms with Crippen molar-refractivity contribution >= 4 is 6.16 Å². The van der Waals surface area contributed by atoms with Gasteiger partial charge in [0.05, 0.1) is 7.11 Å². The summed E-state index contributed by atoms with van der Waals surface area (Å²) in [6.45, 7) is 2.01. The second-order valence-electron chi connectivity index (χ2n) is 2.59. The Hall–Kier alpha value is -0.730. The van der Waals surface area contributed by atoms with E-state index in [-0.39, 0.29) is 5.60 Å². The molecular weight excluding hydrogens is 132 g/mol. The molecule has 0 aliphatic heterocycles. The van der Waals surface area contributed by atoms with Gasteiger partial charge in [-0.25, -0.2) is 4.79 Å². The Labute approximate surface area is 60.3 Å². The number of carbonyl (C=O) groups excluding carboxylic acids is 1. The molecule has 0 heterocycles. The first kappa shape index (κ1) is 7.38. The predicted octanol–water partition coefficient (Wildman–Crippen LogP) is 1.71. The first-order chi connectivity index (χ1) is 4.72. The zero-order valence-corrected chi connectivity index (χ0v) is 6.35. The maximum Gasteiger partial charge on any atom is 0.508 e. The molecular formula is C7H12O3. The minimum Gasteiger partial charge on any atom is -0.438 e. The van der Waals surface area contributed by atoms with Crippen molar-refractivity contribution in [3.8, 4) is 0 Å². The van der Waals surface area contributed by atoms with E-state index in [4.69, 9.17) is 4.74 Å². The Bertz CT molecular complexity index is 138. The van der Waals surface area contributed by atoms with Crippen LogP contribution in [0.25, 0.3) is 0 Å². The molecule has 0 spiro atoms. The van der Waals surface area contributed by atoms with E-state index in [2.05, 4.69) is 4.74 Å². The number of methoxy groups -OCH3 is 1. The highest BCUT2D eigenvalue weighted by Crippen LogP contribution is 2.42. The van der Waals surface area contributed by atoms with Crippen molar-refractivity contribution < 1.29 is 14.3 Å². The van der Waals surface area contributed by atoms with Crippen LogP contribution in [-0.2, 0) is 9.47 Å². The highest BCUT2D eigenvalue weighted by atomic mass is 16.7. The summed E-state index contributed by atoms with van der Waals surface area (Å²) in [5, 5.41) is 0. The van der Waals surface area contributed by atoms with Crippen LogP contribution >= 0.6 is 0 Å². The van der Waals surface area contributed by atoms with Crippen LogP contribution < -0.4 is 0 Å². The van der Waals surface area contributed by atoms with Gasteiger partial charge in [0.25, 0.3) is 0 Å². The van der Waals surface area contributed by atoms with Gasteiger partial charge in [-0.15, -0.1) is 0 Å². The Morgan fingerprint density at radius 1 is 1.60 bits per heavy atom. The fourth-order valence-corrected chi connectivity index (χ4v) is 0.886. The second kappa shape index (κ2) is 2.48. The van der Waals surface area contributed by atoms with Crippen LogP contribution in [-0.4, -0.2) is 18.9 Å². The number of hydrogen-bond acceptors (Lipinski definition) is 3.